The van der Waals surface area contributed by atoms with Gasteiger partial charge in [0.05, 0.1) is 34.3 Å². The first-order chi connectivity index (χ1) is 40.1. The molecule has 0 bridgehead atoms. The maximum atomic E-state index is 15.2. The summed E-state index contributed by atoms with van der Waals surface area (Å²) in [5.41, 5.74) is 1.72. The summed E-state index contributed by atoms with van der Waals surface area (Å²) in [6, 6.07) is 19.8. The number of hydrogen-bond acceptors (Lipinski definition) is 16. The number of esters is 4. The number of aromatic carboxylic acids is 1. The standard InChI is InChI=1S/C64H73N5O14S/c1-11-50(71)79-31-45(32-80-51(72)12-2)65-40(9)60(73)68-58-54(63(77)82-56-36(5)23-34(3)24-37(56)6)52(42-19-15-13-16-20-42)48(66-58)30-49-53(43-21-17-14-18-22-43)55(64(78)83-57-38(7)25-35(4)26-39(57)8)59(67-49)69-61(74)41(10)84-47-28-44(62(75)76)27-46(29-47)81-33-70/h11-22,27-30,33-41,45,56-57,65,67H,1-2,23-26,31-32H2,3-10H3,(H,69,74)(H,75,76)(H,66,68,73). The number of amides is 2. The van der Waals surface area contributed by atoms with Gasteiger partial charge in [-0.3, -0.25) is 19.7 Å². The number of thioether (sulfide) groups is 1. The number of anilines is 1. The Morgan fingerprint density at radius 3 is 1.79 bits per heavy atom. The Bertz CT molecular complexity index is 3200. The van der Waals surface area contributed by atoms with Crippen LogP contribution >= 0.6 is 11.8 Å². The second-order valence-corrected chi connectivity index (χ2v) is 23.6. The molecule has 5 N–H and O–H groups in total. The molecule has 1 aliphatic heterocycles. The summed E-state index contributed by atoms with van der Waals surface area (Å²) < 4.78 is 28.5. The van der Waals surface area contributed by atoms with Crippen molar-refractivity contribution in [1.82, 2.24) is 15.6 Å². The first-order valence-corrected chi connectivity index (χ1v) is 28.9. The van der Waals surface area contributed by atoms with Crippen LogP contribution in [-0.2, 0) is 47.7 Å². The zero-order valence-corrected chi connectivity index (χ0v) is 49.2. The molecule has 2 heterocycles. The van der Waals surface area contributed by atoms with Crippen LogP contribution in [0.2, 0.25) is 0 Å². The smallest absolute Gasteiger partial charge is 0.342 e. The molecule has 1 aromatic heterocycles. The lowest BCUT2D eigenvalue weighted by molar-refractivity contribution is -0.152. The second-order valence-electron chi connectivity index (χ2n) is 22.1. The van der Waals surface area contributed by atoms with Gasteiger partial charge in [0.2, 0.25) is 11.8 Å². The Balaban J connectivity index is 1.40. The number of allylic oxidation sites excluding steroid dienone is 1. The maximum Gasteiger partial charge on any atom is 0.342 e. The first kappa shape index (κ1) is 63.2. The Hall–Kier alpha value is -8.36. The number of H-pyrrole nitrogens is 1. The van der Waals surface area contributed by atoms with E-state index in [1.165, 1.54) is 25.1 Å². The Morgan fingerprint density at radius 2 is 1.26 bits per heavy atom. The number of rotatable bonds is 23. The molecule has 3 aromatic carbocycles. The summed E-state index contributed by atoms with van der Waals surface area (Å²) in [5.74, 6) is -5.08. The van der Waals surface area contributed by atoms with Gasteiger partial charge in [-0.15, -0.1) is 11.8 Å². The number of benzene rings is 3. The van der Waals surface area contributed by atoms with Crippen molar-refractivity contribution in [3.05, 3.63) is 138 Å². The minimum Gasteiger partial charge on any atom is -0.478 e. The Labute approximate surface area is 493 Å². The molecular weight excluding hydrogens is 1090 g/mol. The van der Waals surface area contributed by atoms with Crippen LogP contribution in [-0.4, -0.2) is 107 Å². The monoisotopic (exact) mass is 1170 g/mol. The van der Waals surface area contributed by atoms with E-state index in [1.54, 1.807) is 67.6 Å². The van der Waals surface area contributed by atoms with Gasteiger partial charge in [0.1, 0.15) is 54.0 Å². The number of carbonyl (C=O) groups excluding carboxylic acids is 7. The molecule has 19 nitrogen and oxygen atoms in total. The van der Waals surface area contributed by atoms with Crippen LogP contribution in [0.5, 0.6) is 5.75 Å². The fraction of sp³-hybridized carbons (Fsp3) is 0.391. The number of carbonyl (C=O) groups is 8. The fourth-order valence-corrected chi connectivity index (χ4v) is 12.6. The van der Waals surface area contributed by atoms with Gasteiger partial charge in [-0.2, -0.15) is 0 Å². The molecule has 6 unspecified atom stereocenters. The topological polar surface area (TPSA) is 267 Å². The van der Waals surface area contributed by atoms with E-state index in [4.69, 9.17) is 28.7 Å². The number of nitrogens with one attached hydrogen (secondary N) is 4. The zero-order valence-electron chi connectivity index (χ0n) is 48.4. The van der Waals surface area contributed by atoms with Crippen LogP contribution in [0.25, 0.3) is 22.8 Å². The van der Waals surface area contributed by atoms with Crippen molar-refractivity contribution in [2.45, 2.75) is 116 Å². The lowest BCUT2D eigenvalue weighted by Gasteiger charge is -2.37. The van der Waals surface area contributed by atoms with Crippen LogP contribution in [0.4, 0.5) is 5.82 Å². The highest BCUT2D eigenvalue weighted by Gasteiger charge is 2.41. The van der Waals surface area contributed by atoms with Crippen LogP contribution < -0.4 is 20.7 Å². The van der Waals surface area contributed by atoms with Gasteiger partial charge in [-0.25, -0.2) is 29.0 Å². The van der Waals surface area contributed by atoms with E-state index in [1.807, 2.05) is 33.8 Å². The average Bonchev–Trinajstić information content (AvgIpc) is 3.23. The molecule has 2 aliphatic carbocycles. The van der Waals surface area contributed by atoms with Crippen molar-refractivity contribution in [1.29, 1.82) is 0 Å². The summed E-state index contributed by atoms with van der Waals surface area (Å²) in [6.45, 7) is 22.0. The van der Waals surface area contributed by atoms with Gasteiger partial charge in [0.15, 0.2) is 0 Å². The lowest BCUT2D eigenvalue weighted by Crippen LogP contribution is -2.51. The molecule has 2 amide bonds. The van der Waals surface area contributed by atoms with Crippen molar-refractivity contribution in [3.63, 3.8) is 0 Å². The molecule has 20 heteroatoms. The van der Waals surface area contributed by atoms with Crippen molar-refractivity contribution >= 4 is 83.2 Å². The van der Waals surface area contributed by atoms with Gasteiger partial charge in [-0.1, -0.05) is 115 Å². The number of nitrogens with zero attached hydrogens (tertiary/aromatic N) is 1. The summed E-state index contributed by atoms with van der Waals surface area (Å²) >= 11 is 0.985. The minimum absolute atomic E-state index is 0.00732. The van der Waals surface area contributed by atoms with E-state index < -0.39 is 71.2 Å². The number of carboxylic acids is 1. The molecule has 0 radical (unpaired) electrons. The van der Waals surface area contributed by atoms with Crippen LogP contribution in [0.15, 0.2) is 125 Å². The van der Waals surface area contributed by atoms with Crippen molar-refractivity contribution < 1.29 is 67.1 Å². The lowest BCUT2D eigenvalue weighted by atomic mass is 9.75. The number of aromatic amines is 1. The molecule has 2 saturated carbocycles. The molecule has 2 fully saturated rings. The SMILES string of the molecule is C=CC(=O)OCC(COC(=O)C=C)NC(C)C(=O)NC1=NC(=Cc2[nH]c(NC(=O)C(C)Sc3cc(OC=O)cc(C(=O)O)c3)c(C(=O)OC3C(C)CC(C)CC3C)c2-c2ccccc2)C(c2ccccc2)=C1C(=O)OC1C(C)CC(C)CC1C. The number of ether oxygens (including phenoxy) is 5. The Kier molecular flexibility index (Phi) is 21.6. The number of amidine groups is 1. The quantitative estimate of drug-likeness (QED) is 0.0152. The van der Waals surface area contributed by atoms with E-state index in [2.05, 4.69) is 47.9 Å². The summed E-state index contributed by atoms with van der Waals surface area (Å²) in [4.78, 5) is 116. The normalized spacial score (nSPS) is 22.4. The maximum absolute atomic E-state index is 15.2. The third-order valence-corrected chi connectivity index (χ3v) is 16.3. The molecule has 6 atom stereocenters. The summed E-state index contributed by atoms with van der Waals surface area (Å²) in [7, 11) is 0. The van der Waals surface area contributed by atoms with Gasteiger partial charge >= 0.3 is 29.8 Å². The molecule has 3 aliphatic rings. The van der Waals surface area contributed by atoms with Crippen molar-refractivity contribution in [3.8, 4) is 16.9 Å². The molecule has 0 spiro atoms. The van der Waals surface area contributed by atoms with Crippen LogP contribution in [0.3, 0.4) is 0 Å². The predicted octanol–water partition coefficient (Wildman–Crippen LogP) is 10.0. The van der Waals surface area contributed by atoms with Gasteiger partial charge < -0.3 is 44.4 Å². The van der Waals surface area contributed by atoms with Gasteiger partial charge in [0, 0.05) is 28.2 Å². The van der Waals surface area contributed by atoms with E-state index in [0.717, 1.165) is 49.6 Å². The largest absolute Gasteiger partial charge is 0.478 e. The van der Waals surface area contributed by atoms with Crippen molar-refractivity contribution in [2.24, 2.45) is 40.5 Å². The molecule has 0 saturated heterocycles. The second kappa shape index (κ2) is 28.8. The average molecular weight is 1170 g/mol. The third-order valence-electron chi connectivity index (χ3n) is 15.2. The van der Waals surface area contributed by atoms with Crippen LogP contribution in [0, 0.1) is 35.5 Å². The molecule has 84 heavy (non-hydrogen) atoms. The van der Waals surface area contributed by atoms with E-state index in [-0.39, 0.29) is 94.4 Å². The van der Waals surface area contributed by atoms with E-state index in [0.29, 0.717) is 33.4 Å². The Morgan fingerprint density at radius 1 is 0.726 bits per heavy atom. The minimum atomic E-state index is -1.28. The first-order valence-electron chi connectivity index (χ1n) is 28.0. The van der Waals surface area contributed by atoms with Crippen molar-refractivity contribution in [2.75, 3.05) is 18.5 Å². The van der Waals surface area contributed by atoms with E-state index >= 15 is 9.59 Å². The number of carboxylic acid groups (broad SMARTS) is 1. The summed E-state index contributed by atoms with van der Waals surface area (Å²) in [5, 5.41) is 17.7. The highest BCUT2D eigenvalue weighted by molar-refractivity contribution is 8.00. The summed E-state index contributed by atoms with van der Waals surface area (Å²) in [6.07, 6.45) is 5.83. The fourth-order valence-electron chi connectivity index (χ4n) is 11.6. The van der Waals surface area contributed by atoms with E-state index in [9.17, 15) is 33.9 Å². The molecule has 444 valence electrons. The highest BCUT2D eigenvalue weighted by Crippen LogP contribution is 2.43. The van der Waals surface area contributed by atoms with Gasteiger partial charge in [-0.05, 0) is 110 Å². The number of aromatic nitrogens is 1. The molecule has 4 aromatic rings. The van der Waals surface area contributed by atoms with Crippen LogP contribution in [0.1, 0.15) is 113 Å². The predicted molar refractivity (Wildman–Crippen MR) is 318 cm³/mol. The van der Waals surface area contributed by atoms with Gasteiger partial charge in [0.25, 0.3) is 6.47 Å². The highest BCUT2D eigenvalue weighted by atomic mass is 32.2. The zero-order chi connectivity index (χ0) is 60.9. The number of aliphatic imine (C=N–C) groups is 1. The molecule has 7 rings (SSSR count). The number of hydrogen-bond donors (Lipinski definition) is 5. The molecular formula is C64H73N5O14S. The third kappa shape index (κ3) is 15.8.